The van der Waals surface area contributed by atoms with E-state index in [1.54, 1.807) is 16.8 Å². The van der Waals surface area contributed by atoms with Crippen molar-refractivity contribution >= 4 is 12.0 Å². The van der Waals surface area contributed by atoms with Crippen LogP contribution >= 0.6 is 0 Å². The summed E-state index contributed by atoms with van der Waals surface area (Å²) in [5, 5.41) is 11.9. The standard InChI is InChI=1S/C19H29N3O4/c1-13-5-6-17(14(2)9-13)15(3)20-19(25)22-7-8-26-16(11-22)10-21(4)12-18(23)24/h5-6,9,15-16H,7-8,10-12H2,1-4H3,(H,20,25)(H,23,24). The summed E-state index contributed by atoms with van der Waals surface area (Å²) in [6, 6.07) is 6.01. The van der Waals surface area contributed by atoms with E-state index < -0.39 is 5.97 Å². The largest absolute Gasteiger partial charge is 0.480 e. The zero-order chi connectivity index (χ0) is 19.3. The summed E-state index contributed by atoms with van der Waals surface area (Å²) in [6.07, 6.45) is -0.185. The van der Waals surface area contributed by atoms with Gasteiger partial charge in [0.05, 0.1) is 25.3 Å². The van der Waals surface area contributed by atoms with Crippen molar-refractivity contribution in [3.63, 3.8) is 0 Å². The van der Waals surface area contributed by atoms with Gasteiger partial charge in [-0.15, -0.1) is 0 Å². The van der Waals surface area contributed by atoms with Gasteiger partial charge in [0.1, 0.15) is 0 Å². The highest BCUT2D eigenvalue weighted by atomic mass is 16.5. The molecule has 2 N–H and O–H groups in total. The molecule has 1 saturated heterocycles. The molecule has 0 aliphatic carbocycles. The monoisotopic (exact) mass is 363 g/mol. The van der Waals surface area contributed by atoms with Crippen LogP contribution in [0.15, 0.2) is 18.2 Å². The van der Waals surface area contributed by atoms with Gasteiger partial charge in [-0.25, -0.2) is 4.79 Å². The Hall–Kier alpha value is -2.12. The molecule has 2 atom stereocenters. The summed E-state index contributed by atoms with van der Waals surface area (Å²) in [5.41, 5.74) is 3.47. The van der Waals surface area contributed by atoms with E-state index in [1.807, 2.05) is 19.9 Å². The highest BCUT2D eigenvalue weighted by Crippen LogP contribution is 2.19. The van der Waals surface area contributed by atoms with Gasteiger partial charge in [-0.1, -0.05) is 23.8 Å². The molecule has 1 aliphatic rings. The maximum atomic E-state index is 12.6. The minimum absolute atomic E-state index is 0.0458. The van der Waals surface area contributed by atoms with Crippen LogP contribution in [0.25, 0.3) is 0 Å². The van der Waals surface area contributed by atoms with Gasteiger partial charge in [0.2, 0.25) is 0 Å². The summed E-state index contributed by atoms with van der Waals surface area (Å²) < 4.78 is 5.68. The molecule has 1 aromatic carbocycles. The summed E-state index contributed by atoms with van der Waals surface area (Å²) in [5.74, 6) is -0.875. The van der Waals surface area contributed by atoms with Gasteiger partial charge >= 0.3 is 12.0 Å². The van der Waals surface area contributed by atoms with Crippen LogP contribution in [-0.2, 0) is 9.53 Å². The zero-order valence-corrected chi connectivity index (χ0v) is 16.0. The molecule has 1 aromatic rings. The molecule has 7 heteroatoms. The number of morpholine rings is 1. The van der Waals surface area contributed by atoms with E-state index in [4.69, 9.17) is 9.84 Å². The van der Waals surface area contributed by atoms with E-state index in [9.17, 15) is 9.59 Å². The fourth-order valence-corrected chi connectivity index (χ4v) is 3.32. The van der Waals surface area contributed by atoms with E-state index in [0.717, 1.165) is 11.1 Å². The van der Waals surface area contributed by atoms with E-state index in [2.05, 4.69) is 24.4 Å². The van der Waals surface area contributed by atoms with Gasteiger partial charge < -0.3 is 20.1 Å². The molecule has 1 heterocycles. The number of benzene rings is 1. The van der Waals surface area contributed by atoms with Crippen LogP contribution in [0.2, 0.25) is 0 Å². The lowest BCUT2D eigenvalue weighted by Gasteiger charge is -2.35. The lowest BCUT2D eigenvalue weighted by atomic mass is 10.0. The van der Waals surface area contributed by atoms with E-state index in [-0.39, 0.29) is 24.7 Å². The SMILES string of the molecule is Cc1ccc(C(C)NC(=O)N2CCOC(CN(C)CC(=O)O)C2)c(C)c1. The number of nitrogens with one attached hydrogen (secondary N) is 1. The lowest BCUT2D eigenvalue weighted by molar-refractivity contribution is -0.138. The minimum Gasteiger partial charge on any atom is -0.480 e. The second-order valence-corrected chi connectivity index (χ2v) is 7.06. The second kappa shape index (κ2) is 9.00. The van der Waals surface area contributed by atoms with E-state index in [1.165, 1.54) is 5.56 Å². The number of aryl methyl sites for hydroxylation is 2. The molecule has 0 radical (unpaired) electrons. The van der Waals surface area contributed by atoms with Crippen LogP contribution in [-0.4, -0.2) is 72.8 Å². The van der Waals surface area contributed by atoms with Gasteiger partial charge in [0.15, 0.2) is 0 Å². The number of aliphatic carboxylic acids is 1. The highest BCUT2D eigenvalue weighted by Gasteiger charge is 2.26. The predicted molar refractivity (Wildman–Crippen MR) is 99.3 cm³/mol. The Kier molecular flexibility index (Phi) is 6.99. The number of carbonyl (C=O) groups excluding carboxylic acids is 1. The van der Waals surface area contributed by atoms with Gasteiger partial charge in [-0.05, 0) is 38.9 Å². The Morgan fingerprint density at radius 1 is 1.42 bits per heavy atom. The van der Waals surface area contributed by atoms with Crippen molar-refractivity contribution in [2.45, 2.75) is 32.9 Å². The third-order valence-corrected chi connectivity index (χ3v) is 4.58. The van der Waals surface area contributed by atoms with Crippen molar-refractivity contribution in [1.82, 2.24) is 15.1 Å². The average molecular weight is 363 g/mol. The molecule has 0 bridgehead atoms. The normalized spacial score (nSPS) is 18.7. The van der Waals surface area contributed by atoms with Crippen molar-refractivity contribution < 1.29 is 19.4 Å². The van der Waals surface area contributed by atoms with Gasteiger partial charge in [-0.3, -0.25) is 9.69 Å². The molecular formula is C19H29N3O4. The van der Waals surface area contributed by atoms with Gasteiger partial charge in [0.25, 0.3) is 0 Å². The Balaban J connectivity index is 1.91. The minimum atomic E-state index is -0.875. The molecule has 7 nitrogen and oxygen atoms in total. The predicted octanol–water partition coefficient (Wildman–Crippen LogP) is 1.79. The third-order valence-electron chi connectivity index (χ3n) is 4.58. The molecule has 0 aromatic heterocycles. The van der Waals surface area contributed by atoms with Gasteiger partial charge in [-0.2, -0.15) is 0 Å². The van der Waals surface area contributed by atoms with Crippen molar-refractivity contribution in [3.05, 3.63) is 34.9 Å². The number of hydrogen-bond acceptors (Lipinski definition) is 4. The first-order valence-corrected chi connectivity index (χ1v) is 8.90. The number of amides is 2. The summed E-state index contributed by atoms with van der Waals surface area (Å²) in [6.45, 7) is 7.95. The molecule has 26 heavy (non-hydrogen) atoms. The number of nitrogens with zero attached hydrogens (tertiary/aromatic N) is 2. The van der Waals surface area contributed by atoms with Crippen molar-refractivity contribution in [1.29, 1.82) is 0 Å². The van der Waals surface area contributed by atoms with Crippen LogP contribution in [0.1, 0.15) is 29.7 Å². The first-order valence-electron chi connectivity index (χ1n) is 8.90. The number of ether oxygens (including phenoxy) is 1. The number of rotatable bonds is 6. The van der Waals surface area contributed by atoms with Crippen molar-refractivity contribution in [2.24, 2.45) is 0 Å². The van der Waals surface area contributed by atoms with Gasteiger partial charge in [0, 0.05) is 19.6 Å². The summed E-state index contributed by atoms with van der Waals surface area (Å²) in [4.78, 5) is 26.8. The molecular weight excluding hydrogens is 334 g/mol. The highest BCUT2D eigenvalue weighted by molar-refractivity contribution is 5.75. The molecule has 2 unspecified atom stereocenters. The fourth-order valence-electron chi connectivity index (χ4n) is 3.32. The van der Waals surface area contributed by atoms with Crippen molar-refractivity contribution in [3.8, 4) is 0 Å². The molecule has 0 saturated carbocycles. The number of hydrogen-bond donors (Lipinski definition) is 2. The number of urea groups is 1. The first-order chi connectivity index (χ1) is 12.3. The molecule has 2 rings (SSSR count). The Morgan fingerprint density at radius 2 is 2.15 bits per heavy atom. The van der Waals surface area contributed by atoms with Crippen LogP contribution in [0, 0.1) is 13.8 Å². The Morgan fingerprint density at radius 3 is 2.81 bits per heavy atom. The summed E-state index contributed by atoms with van der Waals surface area (Å²) in [7, 11) is 1.73. The fraction of sp³-hybridized carbons (Fsp3) is 0.579. The number of likely N-dealkylation sites (N-methyl/N-ethyl adjacent to an activating group) is 1. The quantitative estimate of drug-likeness (QED) is 0.805. The topological polar surface area (TPSA) is 82.1 Å². The number of carbonyl (C=O) groups is 2. The molecule has 144 valence electrons. The first kappa shape index (κ1) is 20.2. The van der Waals surface area contributed by atoms with Crippen LogP contribution in [0.3, 0.4) is 0 Å². The Bertz CT molecular complexity index is 650. The molecule has 2 amide bonds. The molecule has 1 aliphatic heterocycles. The number of carboxylic acids is 1. The zero-order valence-electron chi connectivity index (χ0n) is 16.0. The maximum absolute atomic E-state index is 12.6. The third kappa shape index (κ3) is 5.71. The summed E-state index contributed by atoms with van der Waals surface area (Å²) >= 11 is 0. The lowest BCUT2D eigenvalue weighted by Crippen LogP contribution is -2.52. The smallest absolute Gasteiger partial charge is 0.318 e. The van der Waals surface area contributed by atoms with Crippen LogP contribution < -0.4 is 5.32 Å². The Labute approximate surface area is 154 Å². The van der Waals surface area contributed by atoms with Crippen LogP contribution in [0.4, 0.5) is 4.79 Å². The van der Waals surface area contributed by atoms with E-state index >= 15 is 0 Å². The van der Waals surface area contributed by atoms with Crippen LogP contribution in [0.5, 0.6) is 0 Å². The second-order valence-electron chi connectivity index (χ2n) is 7.06. The molecule has 1 fully saturated rings. The number of carboxylic acid groups (broad SMARTS) is 1. The average Bonchev–Trinajstić information content (AvgIpc) is 2.53. The molecule has 0 spiro atoms. The maximum Gasteiger partial charge on any atom is 0.318 e. The van der Waals surface area contributed by atoms with Crippen molar-refractivity contribution in [2.75, 3.05) is 39.8 Å². The van der Waals surface area contributed by atoms with E-state index in [0.29, 0.717) is 26.2 Å².